The van der Waals surface area contributed by atoms with Crippen LogP contribution in [0.2, 0.25) is 0 Å². The number of anilines is 2. The molecule has 2 N–H and O–H groups in total. The summed E-state index contributed by atoms with van der Waals surface area (Å²) in [6, 6.07) is 32.2. The first-order chi connectivity index (χ1) is 27.7. The molecule has 0 bridgehead atoms. The van der Waals surface area contributed by atoms with Crippen LogP contribution in [0.5, 0.6) is 34.5 Å². The Bertz CT molecular complexity index is 2030. The maximum atomic E-state index is 5.46. The topological polar surface area (TPSA) is 115 Å². The van der Waals surface area contributed by atoms with Crippen LogP contribution in [0.4, 0.5) is 11.6 Å². The highest BCUT2D eigenvalue weighted by molar-refractivity contribution is 5.56. The van der Waals surface area contributed by atoms with Gasteiger partial charge in [0.15, 0.2) is 23.0 Å². The largest absolute Gasteiger partial charge is 0.493 e. The second-order valence-corrected chi connectivity index (χ2v) is 15.6. The molecule has 12 heteroatoms. The van der Waals surface area contributed by atoms with Crippen molar-refractivity contribution in [3.63, 3.8) is 0 Å². The zero-order chi connectivity index (χ0) is 42.0. The maximum absolute atomic E-state index is 5.46. The summed E-state index contributed by atoms with van der Waals surface area (Å²) >= 11 is 0. The average molecular weight is 791 g/mol. The first kappa shape index (κ1) is 42.8. The van der Waals surface area contributed by atoms with Crippen molar-refractivity contribution in [3.05, 3.63) is 120 Å². The van der Waals surface area contributed by atoms with Crippen molar-refractivity contribution >= 4 is 11.6 Å². The number of methoxy groups -OCH3 is 6. The molecule has 0 spiro atoms. The minimum atomic E-state index is -0.0526. The van der Waals surface area contributed by atoms with Crippen LogP contribution in [0, 0.1) is 0 Å². The van der Waals surface area contributed by atoms with Gasteiger partial charge in [-0.05, 0) is 59.7 Å². The minimum absolute atomic E-state index is 0.0526. The average Bonchev–Trinajstić information content (AvgIpc) is 3.88. The fraction of sp³-hybridized carbons (Fsp3) is 0.348. The Hall–Kier alpha value is -6.30. The van der Waals surface area contributed by atoms with Crippen LogP contribution in [0.3, 0.4) is 0 Å². The molecule has 0 aliphatic carbocycles. The Morgan fingerprint density at radius 1 is 0.448 bits per heavy atom. The molecule has 0 atom stereocenters. The summed E-state index contributed by atoms with van der Waals surface area (Å²) in [4.78, 5) is 0. The fourth-order valence-electron chi connectivity index (χ4n) is 6.14. The molecular weight excluding hydrogens is 733 g/mol. The van der Waals surface area contributed by atoms with Crippen LogP contribution in [-0.4, -0.2) is 62.2 Å². The molecule has 0 unspecified atom stereocenters. The van der Waals surface area contributed by atoms with E-state index in [0.717, 1.165) is 45.5 Å². The van der Waals surface area contributed by atoms with Crippen molar-refractivity contribution in [1.82, 2.24) is 19.6 Å². The second kappa shape index (κ2) is 18.8. The molecule has 0 aliphatic rings. The fourth-order valence-corrected chi connectivity index (χ4v) is 6.14. The number of nitrogens with zero attached hydrogens (tertiary/aromatic N) is 4. The third-order valence-electron chi connectivity index (χ3n) is 9.35. The van der Waals surface area contributed by atoms with Gasteiger partial charge in [-0.3, -0.25) is 0 Å². The Kier molecular flexibility index (Phi) is 13.9. The summed E-state index contributed by atoms with van der Waals surface area (Å²) in [5, 5.41) is 16.7. The number of nitrogens with one attached hydrogen (secondary N) is 2. The summed E-state index contributed by atoms with van der Waals surface area (Å²) < 4.78 is 36.6. The molecule has 12 nitrogen and oxygen atoms in total. The number of para-hydroxylation sites is 2. The van der Waals surface area contributed by atoms with E-state index in [2.05, 4.69) is 64.3 Å². The molecule has 0 aliphatic heterocycles. The van der Waals surface area contributed by atoms with E-state index >= 15 is 0 Å². The van der Waals surface area contributed by atoms with E-state index in [1.165, 1.54) is 0 Å². The van der Waals surface area contributed by atoms with Crippen LogP contribution < -0.4 is 39.1 Å². The van der Waals surface area contributed by atoms with Gasteiger partial charge < -0.3 is 39.1 Å². The van der Waals surface area contributed by atoms with E-state index < -0.39 is 0 Å². The van der Waals surface area contributed by atoms with Gasteiger partial charge in [0.05, 0.1) is 65.4 Å². The van der Waals surface area contributed by atoms with Crippen molar-refractivity contribution in [1.29, 1.82) is 0 Å². The number of hydrogen-bond acceptors (Lipinski definition) is 10. The zero-order valence-electron chi connectivity index (χ0n) is 35.9. The molecule has 0 saturated carbocycles. The van der Waals surface area contributed by atoms with Gasteiger partial charge in [-0.15, -0.1) is 0 Å². The molecule has 0 fully saturated rings. The number of benzene rings is 4. The second-order valence-electron chi connectivity index (χ2n) is 15.6. The normalized spacial score (nSPS) is 11.2. The van der Waals surface area contributed by atoms with Gasteiger partial charge in [-0.25, -0.2) is 9.36 Å². The van der Waals surface area contributed by atoms with Gasteiger partial charge in [0.2, 0.25) is 11.5 Å². The molecule has 308 valence electrons. The third kappa shape index (κ3) is 10.2. The van der Waals surface area contributed by atoms with Gasteiger partial charge in [0.25, 0.3) is 0 Å². The minimum Gasteiger partial charge on any atom is -0.493 e. The van der Waals surface area contributed by atoms with Gasteiger partial charge in [0, 0.05) is 36.1 Å². The van der Waals surface area contributed by atoms with Crippen molar-refractivity contribution in [2.24, 2.45) is 0 Å². The lowest BCUT2D eigenvalue weighted by molar-refractivity contribution is 0.324. The summed E-state index contributed by atoms with van der Waals surface area (Å²) in [5.41, 5.74) is 5.98. The molecule has 0 radical (unpaired) electrons. The molecule has 0 amide bonds. The Balaban J connectivity index is 0.000000221. The number of rotatable bonds is 14. The van der Waals surface area contributed by atoms with Crippen molar-refractivity contribution < 1.29 is 28.4 Å². The van der Waals surface area contributed by atoms with Crippen LogP contribution in [0.1, 0.15) is 64.1 Å². The summed E-state index contributed by atoms with van der Waals surface area (Å²) in [6.45, 7) is 14.1. The lowest BCUT2D eigenvalue weighted by Crippen LogP contribution is -2.12. The predicted octanol–water partition coefficient (Wildman–Crippen LogP) is 9.62. The van der Waals surface area contributed by atoms with Gasteiger partial charge >= 0.3 is 0 Å². The van der Waals surface area contributed by atoms with E-state index in [0.29, 0.717) is 47.6 Å². The van der Waals surface area contributed by atoms with Crippen molar-refractivity contribution in [2.45, 2.75) is 65.5 Å². The Morgan fingerprint density at radius 3 is 1.02 bits per heavy atom. The Morgan fingerprint density at radius 2 is 0.759 bits per heavy atom. The molecule has 0 saturated heterocycles. The quantitative estimate of drug-likeness (QED) is 0.111. The zero-order valence-corrected chi connectivity index (χ0v) is 35.9. The summed E-state index contributed by atoms with van der Waals surface area (Å²) in [6.07, 6.45) is 0. The number of aromatic nitrogens is 4. The highest BCUT2D eigenvalue weighted by Gasteiger charge is 2.23. The highest BCUT2D eigenvalue weighted by Crippen LogP contribution is 2.40. The molecule has 6 rings (SSSR count). The monoisotopic (exact) mass is 790 g/mol. The smallest absolute Gasteiger partial charge is 0.203 e. The Labute approximate surface area is 343 Å². The van der Waals surface area contributed by atoms with E-state index in [-0.39, 0.29) is 10.8 Å². The SMILES string of the molecule is COc1cc(CNc2cc(C(C)(C)C)nn2-c2ccccc2)cc(OC)c1OC.COc1cc(CNc2cc(C(C)(C)C)nn2-c2ccccc2)cc(OC)c1OC. The van der Waals surface area contributed by atoms with Crippen molar-refractivity contribution in [2.75, 3.05) is 53.3 Å². The van der Waals surface area contributed by atoms with E-state index in [1.54, 1.807) is 42.7 Å². The standard InChI is InChI=1S/2C23H29N3O3/c2*1-23(2,3)20-14-21(26(25-20)17-10-8-7-9-11-17)24-15-16-12-18(27-4)22(29-6)19(13-16)28-5/h2*7-14,24H,15H2,1-6H3. The molecular formula is C46H58N6O6. The number of ether oxygens (including phenoxy) is 6. The van der Waals surface area contributed by atoms with Crippen LogP contribution in [-0.2, 0) is 23.9 Å². The lowest BCUT2D eigenvalue weighted by Gasteiger charge is -2.15. The first-order valence-electron chi connectivity index (χ1n) is 19.1. The van der Waals surface area contributed by atoms with Gasteiger partial charge in [0.1, 0.15) is 11.6 Å². The van der Waals surface area contributed by atoms with Gasteiger partial charge in [-0.2, -0.15) is 10.2 Å². The summed E-state index contributed by atoms with van der Waals surface area (Å²) in [5.74, 6) is 5.56. The highest BCUT2D eigenvalue weighted by atomic mass is 16.5. The lowest BCUT2D eigenvalue weighted by atomic mass is 9.92. The summed E-state index contributed by atoms with van der Waals surface area (Å²) in [7, 11) is 9.68. The number of hydrogen-bond donors (Lipinski definition) is 2. The molecule has 2 aromatic heterocycles. The van der Waals surface area contributed by atoms with E-state index in [9.17, 15) is 0 Å². The van der Waals surface area contributed by atoms with E-state index in [1.807, 2.05) is 94.3 Å². The molecule has 2 heterocycles. The third-order valence-corrected chi connectivity index (χ3v) is 9.35. The van der Waals surface area contributed by atoms with Crippen LogP contribution >= 0.6 is 0 Å². The first-order valence-corrected chi connectivity index (χ1v) is 19.1. The van der Waals surface area contributed by atoms with Crippen molar-refractivity contribution in [3.8, 4) is 45.9 Å². The molecule has 58 heavy (non-hydrogen) atoms. The van der Waals surface area contributed by atoms with Crippen LogP contribution in [0.25, 0.3) is 11.4 Å². The maximum Gasteiger partial charge on any atom is 0.203 e. The molecule has 4 aromatic carbocycles. The van der Waals surface area contributed by atoms with E-state index in [4.69, 9.17) is 38.6 Å². The van der Waals surface area contributed by atoms with Gasteiger partial charge in [-0.1, -0.05) is 77.9 Å². The molecule has 6 aromatic rings. The van der Waals surface area contributed by atoms with Crippen LogP contribution in [0.15, 0.2) is 97.1 Å². The predicted molar refractivity (Wildman–Crippen MR) is 231 cm³/mol.